The van der Waals surface area contributed by atoms with Gasteiger partial charge in [0.05, 0.1) is 6.61 Å². The average Bonchev–Trinajstić information content (AvgIpc) is 2.38. The summed E-state index contributed by atoms with van der Waals surface area (Å²) >= 11 is 0. The van der Waals surface area contributed by atoms with E-state index in [1.54, 1.807) is 12.4 Å². The number of aliphatic hydroxyl groups is 1. The fourth-order valence-corrected chi connectivity index (χ4v) is 1.64. The third kappa shape index (κ3) is 2.35. The number of hydrogen-bond acceptors (Lipinski definition) is 2. The van der Waals surface area contributed by atoms with Gasteiger partial charge >= 0.3 is 0 Å². The second-order valence-corrected chi connectivity index (χ2v) is 3.40. The van der Waals surface area contributed by atoms with Crippen LogP contribution in [0.15, 0.2) is 60.9 Å². The summed E-state index contributed by atoms with van der Waals surface area (Å²) in [7, 11) is 0. The molecule has 0 saturated heterocycles. The van der Waals surface area contributed by atoms with Crippen LogP contribution in [0.2, 0.25) is 0 Å². The van der Waals surface area contributed by atoms with Crippen molar-refractivity contribution in [3.63, 3.8) is 0 Å². The second-order valence-electron chi connectivity index (χ2n) is 3.40. The Hall–Kier alpha value is -1.93. The summed E-state index contributed by atoms with van der Waals surface area (Å²) in [6, 6.07) is 13.9. The number of aliphatic hydroxyl groups excluding tert-OH is 1. The van der Waals surface area contributed by atoms with Gasteiger partial charge in [-0.1, -0.05) is 36.4 Å². The smallest absolute Gasteiger partial charge is 0.0621 e. The van der Waals surface area contributed by atoms with E-state index in [1.165, 1.54) is 0 Å². The molecule has 0 fully saturated rings. The summed E-state index contributed by atoms with van der Waals surface area (Å²) in [5.74, 6) is 0. The zero-order valence-electron chi connectivity index (χ0n) is 8.88. The van der Waals surface area contributed by atoms with Crippen LogP contribution >= 0.6 is 0 Å². The highest BCUT2D eigenvalue weighted by molar-refractivity contribution is 5.79. The molecule has 16 heavy (non-hydrogen) atoms. The number of hydrogen-bond donors (Lipinski definition) is 1. The first-order valence-electron chi connectivity index (χ1n) is 5.18. The summed E-state index contributed by atoms with van der Waals surface area (Å²) < 4.78 is 0. The molecule has 2 heteroatoms. The van der Waals surface area contributed by atoms with Gasteiger partial charge in [0.2, 0.25) is 0 Å². The van der Waals surface area contributed by atoms with Crippen LogP contribution in [0.4, 0.5) is 0 Å². The van der Waals surface area contributed by atoms with Crippen LogP contribution < -0.4 is 0 Å². The van der Waals surface area contributed by atoms with E-state index in [4.69, 9.17) is 5.11 Å². The van der Waals surface area contributed by atoms with Gasteiger partial charge in [-0.15, -0.1) is 0 Å². The molecule has 0 aliphatic heterocycles. The number of rotatable bonds is 3. The molecule has 0 aliphatic carbocycles. The van der Waals surface area contributed by atoms with Crippen molar-refractivity contribution in [3.05, 3.63) is 72.1 Å². The molecule has 0 radical (unpaired) electrons. The van der Waals surface area contributed by atoms with Gasteiger partial charge in [0.25, 0.3) is 0 Å². The number of benzene rings is 1. The maximum Gasteiger partial charge on any atom is 0.0621 e. The third-order valence-electron chi connectivity index (χ3n) is 2.37. The Labute approximate surface area is 94.9 Å². The number of pyridine rings is 1. The Balaban J connectivity index is 2.44. The van der Waals surface area contributed by atoms with Gasteiger partial charge in [-0.3, -0.25) is 4.98 Å². The molecule has 0 unspecified atom stereocenters. The lowest BCUT2D eigenvalue weighted by molar-refractivity contribution is 0.343. The van der Waals surface area contributed by atoms with E-state index in [9.17, 15) is 0 Å². The molecule has 1 N–H and O–H groups in total. The molecule has 80 valence electrons. The van der Waals surface area contributed by atoms with Crippen LogP contribution in [0.5, 0.6) is 0 Å². The van der Waals surface area contributed by atoms with Crippen molar-refractivity contribution in [2.45, 2.75) is 0 Å². The van der Waals surface area contributed by atoms with Gasteiger partial charge in [0.1, 0.15) is 0 Å². The molecule has 0 saturated carbocycles. The Morgan fingerprint density at radius 3 is 2.25 bits per heavy atom. The Morgan fingerprint density at radius 1 is 1.00 bits per heavy atom. The SMILES string of the molecule is OC/C=C(/c1ccccc1)c1ccncc1. The van der Waals surface area contributed by atoms with Crippen molar-refractivity contribution in [2.24, 2.45) is 0 Å². The lowest BCUT2D eigenvalue weighted by atomic mass is 9.99. The van der Waals surface area contributed by atoms with Crippen molar-refractivity contribution in [3.8, 4) is 0 Å². The standard InChI is InChI=1S/C14H13NO/c16-11-8-14(12-4-2-1-3-5-12)13-6-9-15-10-7-13/h1-10,16H,11H2/b14-8-. The highest BCUT2D eigenvalue weighted by atomic mass is 16.2. The third-order valence-corrected chi connectivity index (χ3v) is 2.37. The van der Waals surface area contributed by atoms with Crippen LogP contribution in [-0.2, 0) is 0 Å². The monoisotopic (exact) mass is 211 g/mol. The quantitative estimate of drug-likeness (QED) is 0.846. The molecule has 0 spiro atoms. The Bertz CT molecular complexity index is 421. The minimum absolute atomic E-state index is 0.0343. The molecule has 1 aromatic carbocycles. The summed E-state index contributed by atoms with van der Waals surface area (Å²) in [5, 5.41) is 9.07. The predicted molar refractivity (Wildman–Crippen MR) is 64.8 cm³/mol. The van der Waals surface area contributed by atoms with Gasteiger partial charge in [-0.2, -0.15) is 0 Å². The van der Waals surface area contributed by atoms with E-state index in [-0.39, 0.29) is 6.61 Å². The lowest BCUT2D eigenvalue weighted by Gasteiger charge is -2.07. The minimum atomic E-state index is 0.0343. The topological polar surface area (TPSA) is 33.1 Å². The normalized spacial score (nSPS) is 11.4. The molecule has 0 amide bonds. The van der Waals surface area contributed by atoms with E-state index in [0.29, 0.717) is 0 Å². The minimum Gasteiger partial charge on any atom is -0.392 e. The molecular weight excluding hydrogens is 198 g/mol. The zero-order valence-corrected chi connectivity index (χ0v) is 8.88. The maximum absolute atomic E-state index is 9.07. The van der Waals surface area contributed by atoms with Crippen molar-refractivity contribution < 1.29 is 5.11 Å². The molecule has 1 aromatic heterocycles. The highest BCUT2D eigenvalue weighted by Gasteiger charge is 2.02. The van der Waals surface area contributed by atoms with Crippen LogP contribution in [0.25, 0.3) is 5.57 Å². The molecule has 2 aromatic rings. The largest absolute Gasteiger partial charge is 0.392 e. The second kappa shape index (κ2) is 5.24. The van der Waals surface area contributed by atoms with Gasteiger partial charge in [0, 0.05) is 12.4 Å². The van der Waals surface area contributed by atoms with Crippen molar-refractivity contribution >= 4 is 5.57 Å². The fraction of sp³-hybridized carbons (Fsp3) is 0.0714. The van der Waals surface area contributed by atoms with Crippen molar-refractivity contribution in [1.82, 2.24) is 4.98 Å². The van der Waals surface area contributed by atoms with Crippen LogP contribution in [-0.4, -0.2) is 16.7 Å². The van der Waals surface area contributed by atoms with E-state index in [2.05, 4.69) is 4.98 Å². The summed E-state index contributed by atoms with van der Waals surface area (Å²) in [4.78, 5) is 3.99. The van der Waals surface area contributed by atoms with E-state index >= 15 is 0 Å². The Morgan fingerprint density at radius 2 is 1.62 bits per heavy atom. The van der Waals surface area contributed by atoms with E-state index in [1.807, 2.05) is 48.5 Å². The molecular formula is C14H13NO. The van der Waals surface area contributed by atoms with Gasteiger partial charge in [-0.05, 0) is 28.8 Å². The number of nitrogens with zero attached hydrogens (tertiary/aromatic N) is 1. The van der Waals surface area contributed by atoms with Gasteiger partial charge in [0.15, 0.2) is 0 Å². The summed E-state index contributed by atoms with van der Waals surface area (Å²) in [6.07, 6.45) is 5.32. The lowest BCUT2D eigenvalue weighted by Crippen LogP contribution is -1.90. The fourth-order valence-electron chi connectivity index (χ4n) is 1.64. The summed E-state index contributed by atoms with van der Waals surface area (Å²) in [5.41, 5.74) is 3.20. The first-order chi connectivity index (χ1) is 7.92. The van der Waals surface area contributed by atoms with Crippen LogP contribution in [0, 0.1) is 0 Å². The summed E-state index contributed by atoms with van der Waals surface area (Å²) in [6.45, 7) is 0.0343. The van der Waals surface area contributed by atoms with Crippen molar-refractivity contribution in [1.29, 1.82) is 0 Å². The molecule has 2 rings (SSSR count). The van der Waals surface area contributed by atoms with E-state index < -0.39 is 0 Å². The molecule has 1 heterocycles. The maximum atomic E-state index is 9.07. The number of aromatic nitrogens is 1. The van der Waals surface area contributed by atoms with Crippen LogP contribution in [0.3, 0.4) is 0 Å². The van der Waals surface area contributed by atoms with Gasteiger partial charge < -0.3 is 5.11 Å². The first-order valence-corrected chi connectivity index (χ1v) is 5.18. The molecule has 0 bridgehead atoms. The molecule has 0 aliphatic rings. The van der Waals surface area contributed by atoms with E-state index in [0.717, 1.165) is 16.7 Å². The van der Waals surface area contributed by atoms with Crippen LogP contribution in [0.1, 0.15) is 11.1 Å². The first kappa shape index (κ1) is 10.6. The highest BCUT2D eigenvalue weighted by Crippen LogP contribution is 2.22. The molecule has 2 nitrogen and oxygen atoms in total. The molecule has 0 atom stereocenters. The predicted octanol–water partition coefficient (Wildman–Crippen LogP) is 2.51. The Kier molecular flexibility index (Phi) is 3.46. The average molecular weight is 211 g/mol. The zero-order chi connectivity index (χ0) is 11.2. The van der Waals surface area contributed by atoms with Gasteiger partial charge in [-0.25, -0.2) is 0 Å². The van der Waals surface area contributed by atoms with Crippen molar-refractivity contribution in [2.75, 3.05) is 6.61 Å².